The van der Waals surface area contributed by atoms with E-state index in [0.717, 1.165) is 12.6 Å². The number of rotatable bonds is 4. The highest BCUT2D eigenvalue weighted by atomic mass is 15.3. The van der Waals surface area contributed by atoms with Crippen molar-refractivity contribution in [1.29, 1.82) is 0 Å². The average molecular weight is 267 g/mol. The van der Waals surface area contributed by atoms with E-state index in [0.29, 0.717) is 11.5 Å². The molecule has 0 radical (unpaired) electrons. The van der Waals surface area contributed by atoms with Gasteiger partial charge in [0.15, 0.2) is 0 Å². The SMILES string of the molecule is CCNC(CN1CCCN2CCCC2C1)C(C)(C)C. The molecule has 0 aromatic rings. The first-order valence-corrected chi connectivity index (χ1v) is 8.20. The molecule has 0 amide bonds. The van der Waals surface area contributed by atoms with E-state index in [1.165, 1.54) is 52.0 Å². The van der Waals surface area contributed by atoms with E-state index in [1.807, 2.05) is 0 Å². The van der Waals surface area contributed by atoms with Crippen molar-refractivity contribution in [1.82, 2.24) is 15.1 Å². The van der Waals surface area contributed by atoms with Gasteiger partial charge in [-0.05, 0) is 50.9 Å². The molecule has 2 atom stereocenters. The van der Waals surface area contributed by atoms with Crippen LogP contribution in [0.15, 0.2) is 0 Å². The summed E-state index contributed by atoms with van der Waals surface area (Å²) in [4.78, 5) is 5.44. The van der Waals surface area contributed by atoms with Crippen molar-refractivity contribution >= 4 is 0 Å². The molecule has 3 nitrogen and oxygen atoms in total. The molecule has 0 aromatic heterocycles. The summed E-state index contributed by atoms with van der Waals surface area (Å²) in [6.07, 6.45) is 4.17. The Morgan fingerprint density at radius 3 is 2.58 bits per heavy atom. The van der Waals surface area contributed by atoms with Gasteiger partial charge in [0.2, 0.25) is 0 Å². The van der Waals surface area contributed by atoms with Crippen molar-refractivity contribution in [3.8, 4) is 0 Å². The summed E-state index contributed by atoms with van der Waals surface area (Å²) in [5.74, 6) is 0. The molecule has 2 saturated heterocycles. The lowest BCUT2D eigenvalue weighted by Gasteiger charge is -2.36. The van der Waals surface area contributed by atoms with E-state index in [9.17, 15) is 0 Å². The Balaban J connectivity index is 1.92. The van der Waals surface area contributed by atoms with E-state index in [2.05, 4.69) is 42.8 Å². The summed E-state index contributed by atoms with van der Waals surface area (Å²) < 4.78 is 0. The summed E-state index contributed by atoms with van der Waals surface area (Å²) in [5, 5.41) is 3.69. The van der Waals surface area contributed by atoms with Crippen molar-refractivity contribution in [2.45, 2.75) is 59.0 Å². The summed E-state index contributed by atoms with van der Waals surface area (Å²) in [5.41, 5.74) is 0.345. The highest BCUT2D eigenvalue weighted by Gasteiger charge is 2.31. The molecule has 0 saturated carbocycles. The average Bonchev–Trinajstić information content (AvgIpc) is 2.66. The third-order valence-electron chi connectivity index (χ3n) is 4.82. The second kappa shape index (κ2) is 6.55. The molecule has 2 heterocycles. The van der Waals surface area contributed by atoms with Crippen molar-refractivity contribution < 1.29 is 0 Å². The second-order valence-corrected chi connectivity index (χ2v) is 7.42. The Bertz CT molecular complexity index is 272. The minimum atomic E-state index is 0.345. The van der Waals surface area contributed by atoms with Crippen LogP contribution in [-0.4, -0.2) is 61.2 Å². The van der Waals surface area contributed by atoms with Crippen LogP contribution in [0.5, 0.6) is 0 Å². The maximum atomic E-state index is 3.69. The topological polar surface area (TPSA) is 18.5 Å². The third-order valence-corrected chi connectivity index (χ3v) is 4.82. The minimum Gasteiger partial charge on any atom is -0.312 e. The van der Waals surface area contributed by atoms with Gasteiger partial charge in [-0.1, -0.05) is 27.7 Å². The van der Waals surface area contributed by atoms with Crippen LogP contribution in [0.4, 0.5) is 0 Å². The van der Waals surface area contributed by atoms with Crippen LogP contribution >= 0.6 is 0 Å². The number of hydrogen-bond acceptors (Lipinski definition) is 3. The van der Waals surface area contributed by atoms with Crippen LogP contribution in [0.2, 0.25) is 0 Å². The molecule has 0 spiro atoms. The van der Waals surface area contributed by atoms with Crippen molar-refractivity contribution in [3.63, 3.8) is 0 Å². The highest BCUT2D eigenvalue weighted by Crippen LogP contribution is 2.24. The predicted molar refractivity (Wildman–Crippen MR) is 82.6 cm³/mol. The van der Waals surface area contributed by atoms with E-state index in [1.54, 1.807) is 0 Å². The Labute approximate surface area is 119 Å². The van der Waals surface area contributed by atoms with Gasteiger partial charge in [0.05, 0.1) is 0 Å². The van der Waals surface area contributed by atoms with E-state index in [4.69, 9.17) is 0 Å². The number of hydrogen-bond donors (Lipinski definition) is 1. The van der Waals surface area contributed by atoms with Gasteiger partial charge in [-0.3, -0.25) is 4.90 Å². The molecular weight excluding hydrogens is 234 g/mol. The highest BCUT2D eigenvalue weighted by molar-refractivity contribution is 4.89. The minimum absolute atomic E-state index is 0.345. The molecule has 2 aliphatic rings. The van der Waals surface area contributed by atoms with Crippen LogP contribution in [0, 0.1) is 5.41 Å². The van der Waals surface area contributed by atoms with Crippen molar-refractivity contribution in [3.05, 3.63) is 0 Å². The number of fused-ring (bicyclic) bond motifs is 1. The van der Waals surface area contributed by atoms with Gasteiger partial charge < -0.3 is 10.2 Å². The molecule has 0 aromatic carbocycles. The van der Waals surface area contributed by atoms with Gasteiger partial charge in [-0.15, -0.1) is 0 Å². The van der Waals surface area contributed by atoms with Crippen LogP contribution in [0.1, 0.15) is 47.0 Å². The molecule has 0 bridgehead atoms. The number of nitrogens with one attached hydrogen (secondary N) is 1. The zero-order valence-corrected chi connectivity index (χ0v) is 13.4. The summed E-state index contributed by atoms with van der Waals surface area (Å²) in [6.45, 7) is 16.8. The van der Waals surface area contributed by atoms with E-state index in [-0.39, 0.29) is 0 Å². The Morgan fingerprint density at radius 2 is 1.89 bits per heavy atom. The first kappa shape index (κ1) is 15.3. The molecule has 2 rings (SSSR count). The van der Waals surface area contributed by atoms with Gasteiger partial charge in [0.25, 0.3) is 0 Å². The Kier molecular flexibility index (Phi) is 5.27. The normalized spacial score (nSPS) is 28.1. The Hall–Kier alpha value is -0.120. The maximum Gasteiger partial charge on any atom is 0.0243 e. The van der Waals surface area contributed by atoms with Crippen LogP contribution in [0.3, 0.4) is 0 Å². The number of nitrogens with zero attached hydrogens (tertiary/aromatic N) is 2. The zero-order chi connectivity index (χ0) is 13.9. The molecule has 19 heavy (non-hydrogen) atoms. The first-order chi connectivity index (χ1) is 9.00. The largest absolute Gasteiger partial charge is 0.312 e. The fourth-order valence-electron chi connectivity index (χ4n) is 3.60. The van der Waals surface area contributed by atoms with Gasteiger partial charge in [-0.25, -0.2) is 0 Å². The lowest BCUT2D eigenvalue weighted by molar-refractivity contribution is 0.161. The molecule has 0 aliphatic carbocycles. The van der Waals surface area contributed by atoms with Gasteiger partial charge >= 0.3 is 0 Å². The Morgan fingerprint density at radius 1 is 1.16 bits per heavy atom. The fraction of sp³-hybridized carbons (Fsp3) is 1.00. The van der Waals surface area contributed by atoms with Crippen LogP contribution in [0.25, 0.3) is 0 Å². The second-order valence-electron chi connectivity index (χ2n) is 7.42. The molecule has 112 valence electrons. The molecule has 2 fully saturated rings. The fourth-order valence-corrected chi connectivity index (χ4v) is 3.60. The molecule has 2 unspecified atom stereocenters. The number of likely N-dealkylation sites (N-methyl/N-ethyl adjacent to an activating group) is 1. The molecular formula is C16H33N3. The monoisotopic (exact) mass is 267 g/mol. The van der Waals surface area contributed by atoms with Gasteiger partial charge in [-0.2, -0.15) is 0 Å². The van der Waals surface area contributed by atoms with E-state index < -0.39 is 0 Å². The standard InChI is InChI=1S/C16H33N3/c1-5-17-15(16(2,3)4)13-18-9-7-11-19-10-6-8-14(19)12-18/h14-15,17H,5-13H2,1-4H3. The lowest BCUT2D eigenvalue weighted by atomic mass is 9.86. The van der Waals surface area contributed by atoms with Crippen molar-refractivity contribution in [2.24, 2.45) is 5.41 Å². The third kappa shape index (κ3) is 4.17. The van der Waals surface area contributed by atoms with Crippen LogP contribution in [-0.2, 0) is 0 Å². The quantitative estimate of drug-likeness (QED) is 0.842. The predicted octanol–water partition coefficient (Wildman–Crippen LogP) is 2.18. The lowest BCUT2D eigenvalue weighted by Crippen LogP contribution is -2.50. The molecule has 2 aliphatic heterocycles. The smallest absolute Gasteiger partial charge is 0.0243 e. The van der Waals surface area contributed by atoms with Crippen molar-refractivity contribution in [2.75, 3.05) is 39.3 Å². The van der Waals surface area contributed by atoms with E-state index >= 15 is 0 Å². The zero-order valence-electron chi connectivity index (χ0n) is 13.4. The van der Waals surface area contributed by atoms with Crippen LogP contribution < -0.4 is 5.32 Å². The molecule has 1 N–H and O–H groups in total. The maximum absolute atomic E-state index is 3.69. The molecule has 3 heteroatoms. The first-order valence-electron chi connectivity index (χ1n) is 8.20. The van der Waals surface area contributed by atoms with Gasteiger partial charge in [0, 0.05) is 25.2 Å². The summed E-state index contributed by atoms with van der Waals surface area (Å²) in [6, 6.07) is 1.44. The summed E-state index contributed by atoms with van der Waals surface area (Å²) in [7, 11) is 0. The summed E-state index contributed by atoms with van der Waals surface area (Å²) >= 11 is 0. The van der Waals surface area contributed by atoms with Gasteiger partial charge in [0.1, 0.15) is 0 Å².